The van der Waals surface area contributed by atoms with Gasteiger partial charge in [0.25, 0.3) is 5.71 Å². The van der Waals surface area contributed by atoms with Crippen LogP contribution >= 0.6 is 0 Å². The first-order chi connectivity index (χ1) is 5.85. The Morgan fingerprint density at radius 3 is 2.25 bits per heavy atom. The molecule has 0 bridgehead atoms. The molecule has 12 heavy (non-hydrogen) atoms. The van der Waals surface area contributed by atoms with Gasteiger partial charge in [0.2, 0.25) is 0 Å². The van der Waals surface area contributed by atoms with E-state index in [2.05, 4.69) is 18.6 Å². The molecule has 0 radical (unpaired) electrons. The van der Waals surface area contributed by atoms with Gasteiger partial charge >= 0.3 is 0 Å². The van der Waals surface area contributed by atoms with Crippen molar-refractivity contribution in [1.29, 1.82) is 0 Å². The number of rotatable bonds is 7. The second-order valence-corrected chi connectivity index (χ2v) is 3.23. The third-order valence-corrected chi connectivity index (χ3v) is 2.00. The average Bonchev–Trinajstić information content (AvgIpc) is 2.10. The first-order valence-corrected chi connectivity index (χ1v) is 5.04. The van der Waals surface area contributed by atoms with E-state index < -0.39 is 0 Å². The summed E-state index contributed by atoms with van der Waals surface area (Å²) in [5.74, 6) is 0. The van der Waals surface area contributed by atoms with Gasteiger partial charge in [0.05, 0.1) is 0 Å². The first-order valence-electron chi connectivity index (χ1n) is 5.04. The summed E-state index contributed by atoms with van der Waals surface area (Å²) in [7, 11) is 0. The summed E-state index contributed by atoms with van der Waals surface area (Å²) in [5.41, 5.74) is 9.57. The van der Waals surface area contributed by atoms with E-state index in [-0.39, 0.29) is 0 Å². The third-order valence-electron chi connectivity index (χ3n) is 2.00. The topological polar surface area (TPSA) is 36.4 Å². The maximum Gasteiger partial charge on any atom is 0.268 e. The van der Waals surface area contributed by atoms with Crippen LogP contribution in [0, 0.1) is 0 Å². The van der Waals surface area contributed by atoms with Gasteiger partial charge in [-0.25, -0.2) is 0 Å². The molecule has 0 aliphatic rings. The number of hydrogen-bond donors (Lipinski definition) is 0. The van der Waals surface area contributed by atoms with E-state index in [1.165, 1.54) is 25.7 Å². The molecular formula is C10H20N2. The van der Waals surface area contributed by atoms with Crippen molar-refractivity contribution in [2.45, 2.75) is 58.8 Å². The Labute approximate surface area is 75.6 Å². The van der Waals surface area contributed by atoms with Crippen molar-refractivity contribution >= 4 is 5.71 Å². The summed E-state index contributed by atoms with van der Waals surface area (Å²) in [4.78, 5) is 3.29. The zero-order valence-corrected chi connectivity index (χ0v) is 8.34. The van der Waals surface area contributed by atoms with E-state index in [1.807, 2.05) is 0 Å². The Hall–Kier alpha value is -0.620. The minimum absolute atomic E-state index is 0.947. The van der Waals surface area contributed by atoms with Crippen molar-refractivity contribution in [2.75, 3.05) is 0 Å². The summed E-state index contributed by atoms with van der Waals surface area (Å²) in [6, 6.07) is 0. The fourth-order valence-electron chi connectivity index (χ4n) is 1.27. The minimum atomic E-state index is 0.947. The molecule has 2 heteroatoms. The van der Waals surface area contributed by atoms with Gasteiger partial charge in [-0.05, 0) is 12.8 Å². The zero-order chi connectivity index (χ0) is 9.23. The second-order valence-electron chi connectivity index (χ2n) is 3.23. The molecular weight excluding hydrogens is 148 g/mol. The van der Waals surface area contributed by atoms with Crippen LogP contribution in [0.3, 0.4) is 0 Å². The maximum atomic E-state index is 8.60. The van der Waals surface area contributed by atoms with Gasteiger partial charge in [-0.2, -0.15) is 4.79 Å². The molecule has 0 aromatic heterocycles. The van der Waals surface area contributed by atoms with Crippen LogP contribution in [0.25, 0.3) is 5.53 Å². The van der Waals surface area contributed by atoms with Crippen LogP contribution in [0.5, 0.6) is 0 Å². The lowest BCUT2D eigenvalue weighted by molar-refractivity contribution is -0.0116. The Bertz CT molecular complexity index is 146. The van der Waals surface area contributed by atoms with Gasteiger partial charge < -0.3 is 5.53 Å². The molecule has 0 amide bonds. The summed E-state index contributed by atoms with van der Waals surface area (Å²) in [6.07, 6.45) is 8.00. The second kappa shape index (κ2) is 8.48. The van der Waals surface area contributed by atoms with E-state index in [9.17, 15) is 0 Å². The van der Waals surface area contributed by atoms with Crippen molar-refractivity contribution in [2.24, 2.45) is 0 Å². The third kappa shape index (κ3) is 6.11. The Morgan fingerprint density at radius 2 is 1.75 bits per heavy atom. The highest BCUT2D eigenvalue weighted by Gasteiger charge is 2.04. The van der Waals surface area contributed by atoms with Crippen LogP contribution in [-0.2, 0) is 0 Å². The van der Waals surface area contributed by atoms with Crippen LogP contribution in [0.1, 0.15) is 58.8 Å². The van der Waals surface area contributed by atoms with Gasteiger partial charge in [-0.15, -0.1) is 0 Å². The normalized spacial score (nSPS) is 9.50. The van der Waals surface area contributed by atoms with Crippen molar-refractivity contribution in [3.8, 4) is 0 Å². The van der Waals surface area contributed by atoms with E-state index in [4.69, 9.17) is 5.53 Å². The smallest absolute Gasteiger partial charge is 0.268 e. The molecule has 0 unspecified atom stereocenters. The van der Waals surface area contributed by atoms with E-state index >= 15 is 0 Å². The molecule has 0 saturated heterocycles. The molecule has 0 aliphatic carbocycles. The van der Waals surface area contributed by atoms with Crippen molar-refractivity contribution in [3.63, 3.8) is 0 Å². The van der Waals surface area contributed by atoms with E-state index in [0.29, 0.717) is 0 Å². The molecule has 0 aromatic rings. The van der Waals surface area contributed by atoms with Crippen LogP contribution in [-0.4, -0.2) is 10.5 Å². The monoisotopic (exact) mass is 168 g/mol. The number of nitrogens with zero attached hydrogens (tertiary/aromatic N) is 2. The van der Waals surface area contributed by atoms with Crippen LogP contribution < -0.4 is 0 Å². The standard InChI is InChI=1S/C10H20N2/c1-3-5-6-7-9-10(12-11)8-4-2/h3-9H2,1-2H3. The lowest BCUT2D eigenvalue weighted by Crippen LogP contribution is -1.98. The molecule has 0 aliphatic heterocycles. The molecule has 0 aromatic carbocycles. The maximum absolute atomic E-state index is 8.60. The van der Waals surface area contributed by atoms with Gasteiger partial charge in [0, 0.05) is 12.8 Å². The Morgan fingerprint density at radius 1 is 1.00 bits per heavy atom. The Balaban J connectivity index is 3.39. The fourth-order valence-corrected chi connectivity index (χ4v) is 1.27. The van der Waals surface area contributed by atoms with Crippen molar-refractivity contribution in [3.05, 3.63) is 5.53 Å². The lowest BCUT2D eigenvalue weighted by Gasteiger charge is -1.95. The molecule has 0 spiro atoms. The van der Waals surface area contributed by atoms with Crippen LogP contribution in [0.4, 0.5) is 0 Å². The SMILES string of the molecule is CCCCCCC(CCC)=[N+]=[N-]. The van der Waals surface area contributed by atoms with Crippen LogP contribution in [0.15, 0.2) is 0 Å². The molecule has 2 nitrogen and oxygen atoms in total. The van der Waals surface area contributed by atoms with Gasteiger partial charge in [0.15, 0.2) is 0 Å². The largest absolute Gasteiger partial charge is 0.362 e. The summed E-state index contributed by atoms with van der Waals surface area (Å²) in [6.45, 7) is 4.31. The van der Waals surface area contributed by atoms with Gasteiger partial charge in [-0.1, -0.05) is 33.1 Å². The predicted molar refractivity (Wildman–Crippen MR) is 52.3 cm³/mol. The summed E-state index contributed by atoms with van der Waals surface area (Å²) >= 11 is 0. The highest BCUT2D eigenvalue weighted by atomic mass is 14.9. The number of unbranched alkanes of at least 4 members (excludes halogenated alkanes) is 3. The van der Waals surface area contributed by atoms with Crippen molar-refractivity contribution in [1.82, 2.24) is 0 Å². The average molecular weight is 168 g/mol. The summed E-state index contributed by atoms with van der Waals surface area (Å²) in [5, 5.41) is 0. The molecule has 0 fully saturated rings. The molecule has 0 saturated carbocycles. The minimum Gasteiger partial charge on any atom is -0.362 e. The summed E-state index contributed by atoms with van der Waals surface area (Å²) < 4.78 is 0. The molecule has 70 valence electrons. The van der Waals surface area contributed by atoms with Crippen LogP contribution in [0.2, 0.25) is 0 Å². The number of hydrogen-bond acceptors (Lipinski definition) is 0. The zero-order valence-electron chi connectivity index (χ0n) is 8.34. The fraction of sp³-hybridized carbons (Fsp3) is 0.900. The highest BCUT2D eigenvalue weighted by molar-refractivity contribution is 5.78. The van der Waals surface area contributed by atoms with Gasteiger partial charge in [0.1, 0.15) is 0 Å². The Kier molecular flexibility index (Phi) is 8.04. The molecule has 0 heterocycles. The highest BCUT2D eigenvalue weighted by Crippen LogP contribution is 2.05. The molecule has 0 rings (SSSR count). The van der Waals surface area contributed by atoms with E-state index in [1.54, 1.807) is 0 Å². The molecule has 0 N–H and O–H groups in total. The lowest BCUT2D eigenvalue weighted by atomic mass is 10.1. The van der Waals surface area contributed by atoms with E-state index in [0.717, 1.165) is 25.0 Å². The molecule has 0 atom stereocenters. The first kappa shape index (κ1) is 11.4. The quantitative estimate of drug-likeness (QED) is 0.242. The van der Waals surface area contributed by atoms with Crippen molar-refractivity contribution < 1.29 is 4.79 Å². The predicted octanol–water partition coefficient (Wildman–Crippen LogP) is 3.43. The van der Waals surface area contributed by atoms with Gasteiger partial charge in [-0.3, -0.25) is 0 Å².